The zero-order valence-corrected chi connectivity index (χ0v) is 20.4. The van der Waals surface area contributed by atoms with Crippen molar-refractivity contribution in [1.29, 1.82) is 0 Å². The van der Waals surface area contributed by atoms with E-state index in [1.165, 1.54) is 11.8 Å². The Labute approximate surface area is 203 Å². The van der Waals surface area contributed by atoms with Crippen molar-refractivity contribution in [3.63, 3.8) is 0 Å². The Hall–Kier alpha value is -2.00. The summed E-state index contributed by atoms with van der Waals surface area (Å²) < 4.78 is 8.84. The van der Waals surface area contributed by atoms with E-state index >= 15 is 0 Å². The molecular formula is C21H19BrCl2N4O2S. The Balaban J connectivity index is 1.68. The van der Waals surface area contributed by atoms with Crippen LogP contribution in [-0.4, -0.2) is 26.4 Å². The number of ether oxygens (including phenoxy) is 1. The highest BCUT2D eigenvalue weighted by atomic mass is 79.9. The highest BCUT2D eigenvalue weighted by Gasteiger charge is 2.20. The first-order chi connectivity index (χ1) is 14.9. The van der Waals surface area contributed by atoms with E-state index in [2.05, 4.69) is 38.0 Å². The quantitative estimate of drug-likeness (QED) is 0.250. The van der Waals surface area contributed by atoms with Gasteiger partial charge in [0, 0.05) is 11.0 Å². The normalized spacial score (nSPS) is 11.7. The van der Waals surface area contributed by atoms with Crippen molar-refractivity contribution < 1.29 is 9.53 Å². The number of carbonyl (C=O) groups excluding carboxylic acids is 1. The second-order valence-electron chi connectivity index (χ2n) is 6.39. The second kappa shape index (κ2) is 11.0. The lowest BCUT2D eigenvalue weighted by molar-refractivity contribution is -0.113. The molecule has 1 amide bonds. The molecule has 6 nitrogen and oxygen atoms in total. The second-order valence-corrected chi connectivity index (χ2v) is 9.04. The number of hydrogen-bond acceptors (Lipinski definition) is 5. The largest absolute Gasteiger partial charge is 0.483 e. The van der Waals surface area contributed by atoms with Gasteiger partial charge in [-0.1, -0.05) is 63.0 Å². The van der Waals surface area contributed by atoms with Crippen LogP contribution in [0, 0.1) is 0 Å². The average molecular weight is 542 g/mol. The Bertz CT molecular complexity index is 1080. The fourth-order valence-corrected chi connectivity index (χ4v) is 4.06. The first-order valence-electron chi connectivity index (χ1n) is 9.22. The summed E-state index contributed by atoms with van der Waals surface area (Å²) >= 11 is 16.8. The van der Waals surface area contributed by atoms with Gasteiger partial charge in [0.2, 0.25) is 5.91 Å². The van der Waals surface area contributed by atoms with Crippen molar-refractivity contribution in [2.75, 3.05) is 11.1 Å². The maximum Gasteiger partial charge on any atom is 0.234 e. The standard InChI is InChI=1S/C21H19BrCl2N4O2S/c1-3-11-28-20(13(2)30-15-9-7-14(22)8-10-15)26-27-21(28)31-12-18(29)25-17-6-4-5-16(23)19(17)24/h3-10,13H,1,11-12H2,2H3,(H,25,29). The number of anilines is 1. The van der Waals surface area contributed by atoms with E-state index < -0.39 is 0 Å². The molecule has 162 valence electrons. The van der Waals surface area contributed by atoms with Crippen LogP contribution in [0.25, 0.3) is 0 Å². The maximum absolute atomic E-state index is 12.4. The molecule has 1 aromatic heterocycles. The van der Waals surface area contributed by atoms with Crippen LogP contribution >= 0.6 is 50.9 Å². The molecule has 0 radical (unpaired) electrons. The fourth-order valence-electron chi connectivity index (χ4n) is 2.69. The van der Waals surface area contributed by atoms with Crippen LogP contribution < -0.4 is 10.1 Å². The monoisotopic (exact) mass is 540 g/mol. The molecule has 31 heavy (non-hydrogen) atoms. The lowest BCUT2D eigenvalue weighted by Gasteiger charge is -2.15. The van der Waals surface area contributed by atoms with Crippen molar-refractivity contribution in [3.05, 3.63) is 75.5 Å². The lowest BCUT2D eigenvalue weighted by Crippen LogP contribution is -2.16. The van der Waals surface area contributed by atoms with Crippen LogP contribution in [0.15, 0.2) is 64.7 Å². The molecule has 0 saturated heterocycles. The van der Waals surface area contributed by atoms with Crippen molar-refractivity contribution in [3.8, 4) is 5.75 Å². The molecule has 3 aromatic rings. The summed E-state index contributed by atoms with van der Waals surface area (Å²) in [4.78, 5) is 12.4. The van der Waals surface area contributed by atoms with Crippen molar-refractivity contribution >= 4 is 62.5 Å². The molecule has 0 aliphatic heterocycles. The SMILES string of the molecule is C=CCn1c(SCC(=O)Nc2cccc(Cl)c2Cl)nnc1C(C)Oc1ccc(Br)cc1. The molecule has 2 aromatic carbocycles. The average Bonchev–Trinajstić information content (AvgIpc) is 3.14. The minimum atomic E-state index is -0.345. The molecule has 0 aliphatic rings. The lowest BCUT2D eigenvalue weighted by atomic mass is 10.3. The molecule has 1 atom stereocenters. The molecule has 1 unspecified atom stereocenters. The predicted molar refractivity (Wildman–Crippen MR) is 129 cm³/mol. The summed E-state index contributed by atoms with van der Waals surface area (Å²) in [5.74, 6) is 1.25. The summed E-state index contributed by atoms with van der Waals surface area (Å²) in [6.07, 6.45) is 1.40. The van der Waals surface area contributed by atoms with E-state index in [-0.39, 0.29) is 17.8 Å². The zero-order chi connectivity index (χ0) is 22.4. The van der Waals surface area contributed by atoms with Crippen molar-refractivity contribution in [2.24, 2.45) is 0 Å². The number of halogens is 3. The third kappa shape index (κ3) is 6.26. The van der Waals surface area contributed by atoms with E-state index in [1.54, 1.807) is 24.3 Å². The van der Waals surface area contributed by atoms with Gasteiger partial charge >= 0.3 is 0 Å². The van der Waals surface area contributed by atoms with Gasteiger partial charge in [0.1, 0.15) is 5.75 Å². The van der Waals surface area contributed by atoms with Gasteiger partial charge in [-0.15, -0.1) is 16.8 Å². The number of hydrogen-bond donors (Lipinski definition) is 1. The number of amides is 1. The van der Waals surface area contributed by atoms with Gasteiger partial charge in [-0.3, -0.25) is 9.36 Å². The van der Waals surface area contributed by atoms with E-state index in [9.17, 15) is 4.79 Å². The van der Waals surface area contributed by atoms with E-state index in [0.29, 0.717) is 33.3 Å². The summed E-state index contributed by atoms with van der Waals surface area (Å²) in [5, 5.41) is 12.5. The summed E-state index contributed by atoms with van der Waals surface area (Å²) in [5.41, 5.74) is 0.463. The van der Waals surface area contributed by atoms with Crippen LogP contribution in [-0.2, 0) is 11.3 Å². The molecule has 0 spiro atoms. The Morgan fingerprint density at radius 1 is 1.29 bits per heavy atom. The van der Waals surface area contributed by atoms with Gasteiger partial charge in [-0.2, -0.15) is 0 Å². The smallest absolute Gasteiger partial charge is 0.234 e. The Morgan fingerprint density at radius 2 is 2.03 bits per heavy atom. The number of nitrogens with zero attached hydrogens (tertiary/aromatic N) is 3. The number of carbonyl (C=O) groups is 1. The van der Waals surface area contributed by atoms with Gasteiger partial charge in [0.15, 0.2) is 17.1 Å². The Morgan fingerprint density at radius 3 is 2.74 bits per heavy atom. The number of rotatable bonds is 9. The first kappa shape index (κ1) is 23.7. The molecule has 0 aliphatic carbocycles. The van der Waals surface area contributed by atoms with Gasteiger partial charge in [0.05, 0.1) is 21.5 Å². The number of aromatic nitrogens is 3. The molecule has 0 fully saturated rings. The highest BCUT2D eigenvalue weighted by molar-refractivity contribution is 9.10. The predicted octanol–water partition coefficient (Wildman–Crippen LogP) is 6.40. The molecule has 3 rings (SSSR count). The highest BCUT2D eigenvalue weighted by Crippen LogP contribution is 2.30. The summed E-state index contributed by atoms with van der Waals surface area (Å²) in [7, 11) is 0. The van der Waals surface area contributed by atoms with Gasteiger partial charge in [-0.05, 0) is 43.3 Å². The first-order valence-corrected chi connectivity index (χ1v) is 11.8. The van der Waals surface area contributed by atoms with Crippen LogP contribution in [0.2, 0.25) is 10.0 Å². The van der Waals surface area contributed by atoms with Gasteiger partial charge in [0.25, 0.3) is 0 Å². The molecule has 0 bridgehead atoms. The molecule has 1 heterocycles. The fraction of sp³-hybridized carbons (Fsp3) is 0.190. The topological polar surface area (TPSA) is 69.0 Å². The van der Waals surface area contributed by atoms with E-state index in [4.69, 9.17) is 27.9 Å². The molecule has 0 saturated carbocycles. The third-order valence-electron chi connectivity index (χ3n) is 4.11. The minimum Gasteiger partial charge on any atom is -0.483 e. The van der Waals surface area contributed by atoms with Crippen molar-refractivity contribution in [1.82, 2.24) is 14.8 Å². The zero-order valence-electron chi connectivity index (χ0n) is 16.5. The number of thioether (sulfide) groups is 1. The summed E-state index contributed by atoms with van der Waals surface area (Å²) in [6.45, 7) is 6.19. The molecule has 1 N–H and O–H groups in total. The third-order valence-corrected chi connectivity index (χ3v) is 6.42. The maximum atomic E-state index is 12.4. The van der Waals surface area contributed by atoms with Gasteiger partial charge < -0.3 is 10.1 Å². The number of nitrogens with one attached hydrogen (secondary N) is 1. The van der Waals surface area contributed by atoms with E-state index in [1.807, 2.05) is 35.8 Å². The van der Waals surface area contributed by atoms with Gasteiger partial charge in [-0.25, -0.2) is 0 Å². The number of allylic oxidation sites excluding steroid dienone is 1. The number of benzene rings is 2. The van der Waals surface area contributed by atoms with Crippen molar-refractivity contribution in [2.45, 2.75) is 24.7 Å². The molecular weight excluding hydrogens is 523 g/mol. The Kier molecular flexibility index (Phi) is 8.43. The van der Waals surface area contributed by atoms with Crippen LogP contribution in [0.1, 0.15) is 18.9 Å². The van der Waals surface area contributed by atoms with Crippen LogP contribution in [0.4, 0.5) is 5.69 Å². The summed E-state index contributed by atoms with van der Waals surface area (Å²) in [6, 6.07) is 12.6. The van der Waals surface area contributed by atoms with E-state index in [0.717, 1.165) is 10.2 Å². The molecule has 10 heteroatoms. The minimum absolute atomic E-state index is 0.125. The van der Waals surface area contributed by atoms with Crippen LogP contribution in [0.3, 0.4) is 0 Å². The van der Waals surface area contributed by atoms with Crippen LogP contribution in [0.5, 0.6) is 5.75 Å².